The molecule has 0 bridgehead atoms. The summed E-state index contributed by atoms with van der Waals surface area (Å²) in [6.07, 6.45) is 8.71. The van der Waals surface area contributed by atoms with Gasteiger partial charge in [-0.25, -0.2) is 4.98 Å². The molecule has 3 rings (SSSR count). The van der Waals surface area contributed by atoms with Crippen LogP contribution in [0.5, 0.6) is 0 Å². The number of amides is 2. The molecule has 1 aromatic heterocycles. The molecule has 124 valence electrons. The highest BCUT2D eigenvalue weighted by molar-refractivity contribution is 5.92. The molecule has 0 aromatic carbocycles. The van der Waals surface area contributed by atoms with Crippen LogP contribution in [0.3, 0.4) is 0 Å². The lowest BCUT2D eigenvalue weighted by atomic mass is 10.0. The first-order valence-corrected chi connectivity index (χ1v) is 8.49. The first kappa shape index (κ1) is 15.9. The summed E-state index contributed by atoms with van der Waals surface area (Å²) in [6.45, 7) is 4.23. The minimum Gasteiger partial charge on any atom is -0.339 e. The molecular weight excluding hydrogens is 292 g/mol. The summed E-state index contributed by atoms with van der Waals surface area (Å²) >= 11 is 0. The Hall–Kier alpha value is -1.98. The monoisotopic (exact) mass is 316 g/mol. The fourth-order valence-corrected chi connectivity index (χ4v) is 3.41. The van der Waals surface area contributed by atoms with Crippen LogP contribution >= 0.6 is 0 Å². The van der Waals surface area contributed by atoms with Crippen molar-refractivity contribution >= 4 is 11.8 Å². The highest BCUT2D eigenvalue weighted by Crippen LogP contribution is 2.28. The maximum Gasteiger partial charge on any atom is 0.274 e. The number of aryl methyl sites for hydroxylation is 1. The molecule has 0 atom stereocenters. The molecule has 0 N–H and O–H groups in total. The summed E-state index contributed by atoms with van der Waals surface area (Å²) in [5.41, 5.74) is 1.17. The van der Waals surface area contributed by atoms with Gasteiger partial charge in [0.2, 0.25) is 5.91 Å². The van der Waals surface area contributed by atoms with Crippen LogP contribution in [0.15, 0.2) is 12.4 Å². The van der Waals surface area contributed by atoms with E-state index in [0.717, 1.165) is 5.69 Å². The summed E-state index contributed by atoms with van der Waals surface area (Å²) in [6, 6.07) is 0. The highest BCUT2D eigenvalue weighted by atomic mass is 16.2. The van der Waals surface area contributed by atoms with Crippen LogP contribution in [0.1, 0.15) is 48.3 Å². The molecule has 6 heteroatoms. The Morgan fingerprint density at radius 3 is 2.30 bits per heavy atom. The van der Waals surface area contributed by atoms with E-state index in [0.29, 0.717) is 44.2 Å². The second-order valence-corrected chi connectivity index (χ2v) is 6.57. The number of aromatic nitrogens is 2. The number of carbonyl (C=O) groups is 2. The van der Waals surface area contributed by atoms with Gasteiger partial charge in [-0.1, -0.05) is 12.8 Å². The van der Waals surface area contributed by atoms with Crippen molar-refractivity contribution in [2.75, 3.05) is 26.2 Å². The average Bonchev–Trinajstić information content (AvgIpc) is 3.08. The molecule has 2 aliphatic rings. The van der Waals surface area contributed by atoms with Crippen LogP contribution < -0.4 is 0 Å². The van der Waals surface area contributed by atoms with Crippen LogP contribution in [-0.2, 0) is 4.79 Å². The van der Waals surface area contributed by atoms with Crippen molar-refractivity contribution in [2.24, 2.45) is 5.92 Å². The smallest absolute Gasteiger partial charge is 0.274 e. The molecule has 23 heavy (non-hydrogen) atoms. The second-order valence-electron chi connectivity index (χ2n) is 6.57. The van der Waals surface area contributed by atoms with E-state index in [1.54, 1.807) is 11.1 Å². The van der Waals surface area contributed by atoms with Gasteiger partial charge in [0, 0.05) is 38.8 Å². The van der Waals surface area contributed by atoms with Gasteiger partial charge in [-0.3, -0.25) is 14.6 Å². The number of hydrogen-bond donors (Lipinski definition) is 0. The van der Waals surface area contributed by atoms with Gasteiger partial charge < -0.3 is 9.80 Å². The SMILES string of the molecule is Cc1cnc(C(=O)N2CCN(C(=O)CC3CCCC3)CC2)cn1. The first-order chi connectivity index (χ1) is 11.1. The number of rotatable bonds is 3. The Morgan fingerprint density at radius 2 is 1.70 bits per heavy atom. The van der Waals surface area contributed by atoms with Gasteiger partial charge in [0.15, 0.2) is 0 Å². The van der Waals surface area contributed by atoms with Crippen molar-refractivity contribution in [3.8, 4) is 0 Å². The summed E-state index contributed by atoms with van der Waals surface area (Å²) in [5.74, 6) is 0.726. The molecule has 1 saturated carbocycles. The molecule has 0 radical (unpaired) electrons. The lowest BCUT2D eigenvalue weighted by Gasteiger charge is -2.35. The summed E-state index contributed by atoms with van der Waals surface area (Å²) in [5, 5.41) is 0. The molecule has 2 fully saturated rings. The zero-order valence-corrected chi connectivity index (χ0v) is 13.7. The fourth-order valence-electron chi connectivity index (χ4n) is 3.41. The molecule has 1 aliphatic heterocycles. The van der Waals surface area contributed by atoms with Crippen molar-refractivity contribution in [3.05, 3.63) is 23.8 Å². The van der Waals surface area contributed by atoms with Crippen molar-refractivity contribution < 1.29 is 9.59 Å². The van der Waals surface area contributed by atoms with Crippen molar-refractivity contribution in [3.63, 3.8) is 0 Å². The zero-order chi connectivity index (χ0) is 16.2. The van der Waals surface area contributed by atoms with Gasteiger partial charge in [0.1, 0.15) is 5.69 Å². The minimum atomic E-state index is -0.0969. The third-order valence-corrected chi connectivity index (χ3v) is 4.86. The Labute approximate surface area is 136 Å². The average molecular weight is 316 g/mol. The standard InChI is InChI=1S/C17H24N4O2/c1-13-11-19-15(12-18-13)17(23)21-8-6-20(7-9-21)16(22)10-14-4-2-3-5-14/h11-12,14H,2-10H2,1H3. The second kappa shape index (κ2) is 7.06. The van der Waals surface area contributed by atoms with E-state index in [9.17, 15) is 9.59 Å². The Kier molecular flexibility index (Phi) is 4.88. The van der Waals surface area contributed by atoms with Crippen LogP contribution in [0.4, 0.5) is 0 Å². The molecule has 0 spiro atoms. The molecule has 1 aliphatic carbocycles. The van der Waals surface area contributed by atoms with Crippen LogP contribution in [0.25, 0.3) is 0 Å². The number of nitrogens with zero attached hydrogens (tertiary/aromatic N) is 4. The predicted molar refractivity (Wildman–Crippen MR) is 85.8 cm³/mol. The third kappa shape index (κ3) is 3.86. The molecule has 6 nitrogen and oxygen atoms in total. The van der Waals surface area contributed by atoms with E-state index >= 15 is 0 Å². The lowest BCUT2D eigenvalue weighted by Crippen LogP contribution is -2.51. The predicted octanol–water partition coefficient (Wildman–Crippen LogP) is 1.65. The highest BCUT2D eigenvalue weighted by Gasteiger charge is 2.27. The summed E-state index contributed by atoms with van der Waals surface area (Å²) in [4.78, 5) is 36.7. The maximum atomic E-state index is 12.4. The third-order valence-electron chi connectivity index (χ3n) is 4.86. The quantitative estimate of drug-likeness (QED) is 0.850. The Balaban J connectivity index is 1.50. The van der Waals surface area contributed by atoms with E-state index in [-0.39, 0.29) is 11.8 Å². The summed E-state index contributed by atoms with van der Waals surface area (Å²) in [7, 11) is 0. The van der Waals surface area contributed by atoms with Crippen molar-refractivity contribution in [2.45, 2.75) is 39.0 Å². The number of hydrogen-bond acceptors (Lipinski definition) is 4. The first-order valence-electron chi connectivity index (χ1n) is 8.49. The molecule has 0 unspecified atom stereocenters. The van der Waals surface area contributed by atoms with Crippen LogP contribution in [-0.4, -0.2) is 57.8 Å². The molecule has 1 saturated heterocycles. The van der Waals surface area contributed by atoms with Gasteiger partial charge in [-0.15, -0.1) is 0 Å². The summed E-state index contributed by atoms with van der Waals surface area (Å²) < 4.78 is 0. The Morgan fingerprint density at radius 1 is 1.04 bits per heavy atom. The minimum absolute atomic E-state index is 0.0969. The van der Waals surface area contributed by atoms with Gasteiger partial charge in [-0.2, -0.15) is 0 Å². The van der Waals surface area contributed by atoms with E-state index in [1.165, 1.54) is 31.9 Å². The normalized spacial score (nSPS) is 19.2. The van der Waals surface area contributed by atoms with E-state index in [4.69, 9.17) is 0 Å². The van der Waals surface area contributed by atoms with Crippen LogP contribution in [0.2, 0.25) is 0 Å². The number of carbonyl (C=O) groups excluding carboxylic acids is 2. The topological polar surface area (TPSA) is 66.4 Å². The van der Waals surface area contributed by atoms with Gasteiger partial charge in [0.25, 0.3) is 5.91 Å². The van der Waals surface area contributed by atoms with E-state index in [1.807, 2.05) is 11.8 Å². The van der Waals surface area contributed by atoms with Crippen molar-refractivity contribution in [1.82, 2.24) is 19.8 Å². The molecular formula is C17H24N4O2. The number of piperazine rings is 1. The lowest BCUT2D eigenvalue weighted by molar-refractivity contribution is -0.133. The van der Waals surface area contributed by atoms with Gasteiger partial charge in [0.05, 0.1) is 11.9 Å². The maximum absolute atomic E-state index is 12.4. The van der Waals surface area contributed by atoms with E-state index in [2.05, 4.69) is 9.97 Å². The molecule has 2 heterocycles. The fraction of sp³-hybridized carbons (Fsp3) is 0.647. The van der Waals surface area contributed by atoms with Gasteiger partial charge in [-0.05, 0) is 25.7 Å². The Bertz CT molecular complexity index is 558. The van der Waals surface area contributed by atoms with E-state index < -0.39 is 0 Å². The molecule has 1 aromatic rings. The largest absolute Gasteiger partial charge is 0.339 e. The van der Waals surface area contributed by atoms with Crippen LogP contribution in [0, 0.1) is 12.8 Å². The molecule has 2 amide bonds. The zero-order valence-electron chi connectivity index (χ0n) is 13.7. The van der Waals surface area contributed by atoms with Crippen molar-refractivity contribution in [1.29, 1.82) is 0 Å². The van der Waals surface area contributed by atoms with Gasteiger partial charge >= 0.3 is 0 Å².